The fourth-order valence-electron chi connectivity index (χ4n) is 2.49. The number of nitrogens with one attached hydrogen (secondary N) is 1. The lowest BCUT2D eigenvalue weighted by Gasteiger charge is -2.12. The van der Waals surface area contributed by atoms with Crippen LogP contribution in [0.2, 0.25) is 0 Å². The van der Waals surface area contributed by atoms with Gasteiger partial charge in [0.25, 0.3) is 15.7 Å². The normalized spacial score (nSPS) is 13.7. The molecule has 24 heavy (non-hydrogen) atoms. The van der Waals surface area contributed by atoms with Crippen LogP contribution in [0.1, 0.15) is 5.56 Å². The number of benzene rings is 2. The molecule has 1 N–H and O–H groups in total. The third-order valence-electron chi connectivity index (χ3n) is 3.77. The number of hydrogen-bond acceptors (Lipinski definition) is 5. The zero-order valence-electron chi connectivity index (χ0n) is 12.6. The van der Waals surface area contributed by atoms with Gasteiger partial charge in [-0.15, -0.1) is 0 Å². The van der Waals surface area contributed by atoms with Crippen molar-refractivity contribution in [1.29, 1.82) is 0 Å². The summed E-state index contributed by atoms with van der Waals surface area (Å²) in [6.45, 7) is 0. The first-order valence-electron chi connectivity index (χ1n) is 6.95. The molecule has 0 aromatic heterocycles. The lowest BCUT2D eigenvalue weighted by Crippen LogP contribution is -2.20. The van der Waals surface area contributed by atoms with Gasteiger partial charge in [-0.1, -0.05) is 0 Å². The Morgan fingerprint density at radius 3 is 2.46 bits per heavy atom. The Balaban J connectivity index is 1.86. The molecular weight excluding hydrogens is 334 g/mol. The molecule has 1 amide bonds. The number of likely N-dealkylation sites (N-methyl/N-ethyl adjacent to an activating group) is 1. The number of rotatable bonds is 4. The van der Waals surface area contributed by atoms with Gasteiger partial charge in [0, 0.05) is 30.6 Å². The fourth-order valence-corrected chi connectivity index (χ4v) is 3.54. The first kappa shape index (κ1) is 15.9. The predicted octanol–water partition coefficient (Wildman–Crippen LogP) is 1.91. The minimum Gasteiger partial charge on any atom is -0.315 e. The molecule has 2 aromatic carbocycles. The maximum atomic E-state index is 12.4. The van der Waals surface area contributed by atoms with E-state index in [0.717, 1.165) is 23.4 Å². The summed E-state index contributed by atoms with van der Waals surface area (Å²) in [6, 6.07) is 9.45. The third kappa shape index (κ3) is 2.81. The van der Waals surface area contributed by atoms with Crippen LogP contribution >= 0.6 is 0 Å². The smallest absolute Gasteiger partial charge is 0.269 e. The Kier molecular flexibility index (Phi) is 3.72. The van der Waals surface area contributed by atoms with E-state index >= 15 is 0 Å². The molecule has 0 atom stereocenters. The van der Waals surface area contributed by atoms with Gasteiger partial charge in [-0.3, -0.25) is 19.6 Å². The topological polar surface area (TPSA) is 110 Å². The van der Waals surface area contributed by atoms with E-state index in [0.29, 0.717) is 5.69 Å². The zero-order valence-corrected chi connectivity index (χ0v) is 13.4. The summed E-state index contributed by atoms with van der Waals surface area (Å²) >= 11 is 0. The van der Waals surface area contributed by atoms with E-state index in [9.17, 15) is 23.3 Å². The van der Waals surface area contributed by atoms with Gasteiger partial charge in [-0.25, -0.2) is 8.42 Å². The van der Waals surface area contributed by atoms with Crippen LogP contribution in [0.5, 0.6) is 0 Å². The molecule has 1 aliphatic heterocycles. The number of hydrogen-bond donors (Lipinski definition) is 1. The molecule has 2 aromatic rings. The van der Waals surface area contributed by atoms with Gasteiger partial charge >= 0.3 is 0 Å². The molecule has 0 saturated carbocycles. The number of nitrogens with zero attached hydrogens (tertiary/aromatic N) is 2. The number of non-ortho nitro benzene ring substituents is 1. The highest BCUT2D eigenvalue weighted by atomic mass is 32.2. The summed E-state index contributed by atoms with van der Waals surface area (Å²) in [5.41, 5.74) is 1.63. The maximum Gasteiger partial charge on any atom is 0.269 e. The Morgan fingerprint density at radius 2 is 1.83 bits per heavy atom. The first-order valence-corrected chi connectivity index (χ1v) is 8.43. The molecule has 124 valence electrons. The van der Waals surface area contributed by atoms with Gasteiger partial charge in [0.2, 0.25) is 5.91 Å². The quantitative estimate of drug-likeness (QED) is 0.671. The van der Waals surface area contributed by atoms with Crippen LogP contribution in [-0.2, 0) is 21.2 Å². The summed E-state index contributed by atoms with van der Waals surface area (Å²) < 4.78 is 27.1. The summed E-state index contributed by atoms with van der Waals surface area (Å²) in [5, 5.41) is 10.6. The van der Waals surface area contributed by atoms with E-state index < -0.39 is 14.9 Å². The van der Waals surface area contributed by atoms with Gasteiger partial charge in [0.1, 0.15) is 0 Å². The zero-order chi connectivity index (χ0) is 17.5. The molecule has 0 radical (unpaired) electrons. The van der Waals surface area contributed by atoms with Gasteiger partial charge < -0.3 is 4.90 Å². The standard InChI is InChI=1S/C15H13N3O5S/c1-17-14-7-2-11(8-10(14)9-15(17)19)16-24(22,23)13-5-3-12(4-6-13)18(20)21/h2-8,16H,9H2,1H3. The van der Waals surface area contributed by atoms with Crippen LogP contribution in [-0.4, -0.2) is 26.3 Å². The first-order chi connectivity index (χ1) is 11.3. The Hall–Kier alpha value is -2.94. The van der Waals surface area contributed by atoms with E-state index in [4.69, 9.17) is 0 Å². The van der Waals surface area contributed by atoms with E-state index in [2.05, 4.69) is 4.72 Å². The minimum absolute atomic E-state index is 0.0552. The Morgan fingerprint density at radius 1 is 1.17 bits per heavy atom. The van der Waals surface area contributed by atoms with Crippen molar-refractivity contribution < 1.29 is 18.1 Å². The van der Waals surface area contributed by atoms with Crippen LogP contribution in [0.25, 0.3) is 0 Å². The van der Waals surface area contributed by atoms with Crippen molar-refractivity contribution in [3.63, 3.8) is 0 Å². The highest BCUT2D eigenvalue weighted by Gasteiger charge is 2.24. The highest BCUT2D eigenvalue weighted by molar-refractivity contribution is 7.92. The second kappa shape index (κ2) is 5.60. The molecule has 0 saturated heterocycles. The Labute approximate surface area is 137 Å². The average Bonchev–Trinajstić information content (AvgIpc) is 2.81. The number of nitro groups is 1. The summed E-state index contributed by atoms with van der Waals surface area (Å²) in [6.07, 6.45) is 0.221. The number of amides is 1. The van der Waals surface area contributed by atoms with Gasteiger partial charge in [-0.2, -0.15) is 0 Å². The van der Waals surface area contributed by atoms with Crippen molar-refractivity contribution >= 4 is 33.0 Å². The van der Waals surface area contributed by atoms with Crippen LogP contribution in [0, 0.1) is 10.1 Å². The largest absolute Gasteiger partial charge is 0.315 e. The highest BCUT2D eigenvalue weighted by Crippen LogP contribution is 2.30. The molecule has 0 aliphatic carbocycles. The van der Waals surface area contributed by atoms with Crippen molar-refractivity contribution in [3.05, 3.63) is 58.1 Å². The fraction of sp³-hybridized carbons (Fsp3) is 0.133. The molecule has 8 nitrogen and oxygen atoms in total. The molecule has 1 heterocycles. The monoisotopic (exact) mass is 347 g/mol. The molecule has 0 spiro atoms. The van der Waals surface area contributed by atoms with Crippen LogP contribution in [0.15, 0.2) is 47.4 Å². The summed E-state index contributed by atoms with van der Waals surface area (Å²) in [5.74, 6) is -0.0552. The van der Waals surface area contributed by atoms with E-state index in [1.807, 2.05) is 0 Å². The van der Waals surface area contributed by atoms with E-state index in [1.54, 1.807) is 25.2 Å². The maximum absolute atomic E-state index is 12.4. The van der Waals surface area contributed by atoms with Gasteiger partial charge in [-0.05, 0) is 35.9 Å². The molecule has 0 bridgehead atoms. The van der Waals surface area contributed by atoms with Gasteiger partial charge in [0.15, 0.2) is 0 Å². The molecule has 3 rings (SSSR count). The average molecular weight is 347 g/mol. The van der Waals surface area contributed by atoms with Crippen LogP contribution in [0.4, 0.5) is 17.1 Å². The predicted molar refractivity (Wildman–Crippen MR) is 87.5 cm³/mol. The molecule has 9 heteroatoms. The number of anilines is 2. The Bertz CT molecular complexity index is 938. The number of nitro benzene ring substituents is 1. The van der Waals surface area contributed by atoms with Crippen molar-refractivity contribution in [3.8, 4) is 0 Å². The van der Waals surface area contributed by atoms with Crippen molar-refractivity contribution in [2.24, 2.45) is 0 Å². The third-order valence-corrected chi connectivity index (χ3v) is 5.16. The lowest BCUT2D eigenvalue weighted by molar-refractivity contribution is -0.384. The van der Waals surface area contributed by atoms with Crippen molar-refractivity contribution in [2.45, 2.75) is 11.3 Å². The minimum atomic E-state index is -3.87. The number of fused-ring (bicyclic) bond motifs is 1. The van der Waals surface area contributed by atoms with E-state index in [-0.39, 0.29) is 22.9 Å². The second-order valence-corrected chi connectivity index (χ2v) is 7.01. The lowest BCUT2D eigenvalue weighted by atomic mass is 10.1. The molecule has 1 aliphatic rings. The van der Waals surface area contributed by atoms with E-state index in [1.165, 1.54) is 17.0 Å². The second-order valence-electron chi connectivity index (χ2n) is 5.33. The molecule has 0 unspecified atom stereocenters. The number of carbonyl (C=O) groups is 1. The molecular formula is C15H13N3O5S. The van der Waals surface area contributed by atoms with Gasteiger partial charge in [0.05, 0.1) is 16.2 Å². The summed E-state index contributed by atoms with van der Waals surface area (Å²) in [7, 11) is -2.21. The SMILES string of the molecule is CN1C(=O)Cc2cc(NS(=O)(=O)c3ccc([N+](=O)[O-])cc3)ccc21. The number of carbonyl (C=O) groups excluding carboxylic acids is 1. The summed E-state index contributed by atoms with van der Waals surface area (Å²) in [4.78, 5) is 23.1. The van der Waals surface area contributed by atoms with Crippen LogP contribution < -0.4 is 9.62 Å². The van der Waals surface area contributed by atoms with Crippen molar-refractivity contribution in [1.82, 2.24) is 0 Å². The molecule has 0 fully saturated rings. The number of sulfonamides is 1. The van der Waals surface area contributed by atoms with Crippen LogP contribution in [0.3, 0.4) is 0 Å². The van der Waals surface area contributed by atoms with Crippen molar-refractivity contribution in [2.75, 3.05) is 16.7 Å².